The van der Waals surface area contributed by atoms with Crippen LogP contribution in [-0.4, -0.2) is 40.8 Å². The van der Waals surface area contributed by atoms with Crippen molar-refractivity contribution < 1.29 is 14.7 Å². The lowest BCUT2D eigenvalue weighted by Crippen LogP contribution is -2.40. The van der Waals surface area contributed by atoms with E-state index in [0.717, 1.165) is 11.3 Å². The van der Waals surface area contributed by atoms with E-state index >= 15 is 0 Å². The number of rotatable bonds is 5. The molecule has 0 spiro atoms. The number of aliphatic carboxylic acids is 1. The van der Waals surface area contributed by atoms with Crippen molar-refractivity contribution in [3.8, 4) is 0 Å². The van der Waals surface area contributed by atoms with Crippen LogP contribution in [0.1, 0.15) is 31.9 Å². The lowest BCUT2D eigenvalue weighted by Gasteiger charge is -2.21. The molecule has 1 aliphatic rings. The number of benzene rings is 1. The highest BCUT2D eigenvalue weighted by molar-refractivity contribution is 7.99. The third-order valence-electron chi connectivity index (χ3n) is 3.86. The molecule has 1 fully saturated rings. The molecule has 1 aromatic rings. The Balaban J connectivity index is 1.89. The van der Waals surface area contributed by atoms with Gasteiger partial charge in [0.25, 0.3) is 0 Å². The Kier molecular flexibility index (Phi) is 5.71. The Morgan fingerprint density at radius 2 is 2.09 bits per heavy atom. The molecule has 0 bridgehead atoms. The van der Waals surface area contributed by atoms with E-state index in [1.165, 1.54) is 4.90 Å². The standard InChI is InChI=1S/C16H22N2O3S/c1-3-22-14-6-4-12(5-7-14)11(2)17-16(21)18-9-8-13(10-18)15(19)20/h4-7,11,13H,3,8-10H2,1-2H3,(H,17,21)(H,19,20). The Hall–Kier alpha value is -1.69. The minimum Gasteiger partial charge on any atom is -0.481 e. The number of carbonyl (C=O) groups excluding carboxylic acids is 1. The smallest absolute Gasteiger partial charge is 0.317 e. The highest BCUT2D eigenvalue weighted by atomic mass is 32.2. The maximum absolute atomic E-state index is 12.2. The molecule has 120 valence electrons. The van der Waals surface area contributed by atoms with E-state index < -0.39 is 11.9 Å². The van der Waals surface area contributed by atoms with Crippen molar-refractivity contribution in [2.45, 2.75) is 31.2 Å². The topological polar surface area (TPSA) is 69.6 Å². The molecular weight excluding hydrogens is 300 g/mol. The molecular formula is C16H22N2O3S. The number of amides is 2. The van der Waals surface area contributed by atoms with E-state index in [1.54, 1.807) is 16.7 Å². The van der Waals surface area contributed by atoms with Gasteiger partial charge in [-0.1, -0.05) is 19.1 Å². The van der Waals surface area contributed by atoms with Gasteiger partial charge < -0.3 is 15.3 Å². The first-order chi connectivity index (χ1) is 10.5. The minimum atomic E-state index is -0.827. The van der Waals surface area contributed by atoms with Crippen molar-refractivity contribution >= 4 is 23.8 Å². The average Bonchev–Trinajstić information content (AvgIpc) is 2.98. The molecule has 1 saturated heterocycles. The van der Waals surface area contributed by atoms with Gasteiger partial charge in [-0.15, -0.1) is 11.8 Å². The zero-order chi connectivity index (χ0) is 16.1. The van der Waals surface area contributed by atoms with Gasteiger partial charge in [-0.3, -0.25) is 4.79 Å². The number of carboxylic acid groups (broad SMARTS) is 1. The van der Waals surface area contributed by atoms with Crippen molar-refractivity contribution in [3.63, 3.8) is 0 Å². The number of likely N-dealkylation sites (tertiary alicyclic amines) is 1. The third kappa shape index (κ3) is 4.16. The van der Waals surface area contributed by atoms with E-state index in [2.05, 4.69) is 24.4 Å². The molecule has 2 amide bonds. The largest absolute Gasteiger partial charge is 0.481 e. The lowest BCUT2D eigenvalue weighted by atomic mass is 10.1. The van der Waals surface area contributed by atoms with Gasteiger partial charge >= 0.3 is 12.0 Å². The monoisotopic (exact) mass is 322 g/mol. The summed E-state index contributed by atoms with van der Waals surface area (Å²) in [4.78, 5) is 25.9. The summed E-state index contributed by atoms with van der Waals surface area (Å²) in [6.07, 6.45) is 0.528. The second-order valence-electron chi connectivity index (χ2n) is 5.44. The van der Waals surface area contributed by atoms with Crippen molar-refractivity contribution in [3.05, 3.63) is 29.8 Å². The summed E-state index contributed by atoms with van der Waals surface area (Å²) >= 11 is 1.78. The summed E-state index contributed by atoms with van der Waals surface area (Å²) in [5.74, 6) is -0.232. The summed E-state index contributed by atoms with van der Waals surface area (Å²) < 4.78 is 0. The van der Waals surface area contributed by atoms with Crippen LogP contribution in [0.15, 0.2) is 29.2 Å². The molecule has 6 heteroatoms. The first kappa shape index (κ1) is 16.7. The molecule has 0 aromatic heterocycles. The maximum Gasteiger partial charge on any atom is 0.317 e. The number of carbonyl (C=O) groups is 2. The molecule has 22 heavy (non-hydrogen) atoms. The minimum absolute atomic E-state index is 0.0999. The highest BCUT2D eigenvalue weighted by Gasteiger charge is 2.31. The number of hydrogen-bond acceptors (Lipinski definition) is 3. The second kappa shape index (κ2) is 7.54. The molecule has 1 aromatic carbocycles. The zero-order valence-electron chi connectivity index (χ0n) is 12.9. The Morgan fingerprint density at radius 1 is 1.41 bits per heavy atom. The lowest BCUT2D eigenvalue weighted by molar-refractivity contribution is -0.141. The van der Waals surface area contributed by atoms with Crippen LogP contribution in [0.3, 0.4) is 0 Å². The summed E-state index contributed by atoms with van der Waals surface area (Å²) in [5, 5.41) is 11.9. The maximum atomic E-state index is 12.2. The van der Waals surface area contributed by atoms with Crippen LogP contribution in [0.2, 0.25) is 0 Å². The van der Waals surface area contributed by atoms with Gasteiger partial charge in [0.15, 0.2) is 0 Å². The molecule has 2 rings (SSSR count). The van der Waals surface area contributed by atoms with E-state index in [-0.39, 0.29) is 12.1 Å². The van der Waals surface area contributed by atoms with E-state index in [0.29, 0.717) is 19.5 Å². The van der Waals surface area contributed by atoms with Gasteiger partial charge in [-0.25, -0.2) is 4.79 Å². The molecule has 5 nitrogen and oxygen atoms in total. The van der Waals surface area contributed by atoms with E-state index in [4.69, 9.17) is 5.11 Å². The van der Waals surface area contributed by atoms with E-state index in [1.807, 2.05) is 19.1 Å². The second-order valence-corrected chi connectivity index (χ2v) is 6.78. The normalized spacial score (nSPS) is 19.0. The van der Waals surface area contributed by atoms with Crippen molar-refractivity contribution in [1.82, 2.24) is 10.2 Å². The fourth-order valence-corrected chi connectivity index (χ4v) is 3.19. The fraction of sp³-hybridized carbons (Fsp3) is 0.500. The fourth-order valence-electron chi connectivity index (χ4n) is 2.53. The number of carboxylic acids is 1. The van der Waals surface area contributed by atoms with Gasteiger partial charge in [-0.05, 0) is 36.8 Å². The number of nitrogens with one attached hydrogen (secondary N) is 1. The van der Waals surface area contributed by atoms with Crippen LogP contribution in [0.5, 0.6) is 0 Å². The van der Waals surface area contributed by atoms with Gasteiger partial charge in [-0.2, -0.15) is 0 Å². The summed E-state index contributed by atoms with van der Waals surface area (Å²) in [7, 11) is 0. The van der Waals surface area contributed by atoms with Crippen LogP contribution < -0.4 is 5.32 Å². The van der Waals surface area contributed by atoms with E-state index in [9.17, 15) is 9.59 Å². The number of thioether (sulfide) groups is 1. The third-order valence-corrected chi connectivity index (χ3v) is 4.75. The van der Waals surface area contributed by atoms with Crippen LogP contribution in [0, 0.1) is 5.92 Å². The quantitative estimate of drug-likeness (QED) is 0.818. The van der Waals surface area contributed by atoms with Crippen LogP contribution in [-0.2, 0) is 4.79 Å². The Morgan fingerprint density at radius 3 is 2.64 bits per heavy atom. The van der Waals surface area contributed by atoms with Crippen molar-refractivity contribution in [1.29, 1.82) is 0 Å². The van der Waals surface area contributed by atoms with Crippen LogP contribution in [0.25, 0.3) is 0 Å². The van der Waals surface area contributed by atoms with Crippen molar-refractivity contribution in [2.24, 2.45) is 5.92 Å². The van der Waals surface area contributed by atoms with Gasteiger partial charge in [0.1, 0.15) is 0 Å². The molecule has 1 heterocycles. The Bertz CT molecular complexity index is 533. The predicted octanol–water partition coefficient (Wildman–Crippen LogP) is 2.98. The van der Waals surface area contributed by atoms with Gasteiger partial charge in [0, 0.05) is 18.0 Å². The number of nitrogens with zero attached hydrogens (tertiary/aromatic N) is 1. The highest BCUT2D eigenvalue weighted by Crippen LogP contribution is 2.21. The van der Waals surface area contributed by atoms with Crippen LogP contribution >= 0.6 is 11.8 Å². The average molecular weight is 322 g/mol. The predicted molar refractivity (Wildman–Crippen MR) is 87.1 cm³/mol. The summed E-state index contributed by atoms with van der Waals surface area (Å²) in [6.45, 7) is 4.84. The molecule has 2 unspecified atom stereocenters. The molecule has 0 radical (unpaired) electrons. The molecule has 2 N–H and O–H groups in total. The van der Waals surface area contributed by atoms with Crippen molar-refractivity contribution in [2.75, 3.05) is 18.8 Å². The molecule has 2 atom stereocenters. The Labute approximate surface area is 135 Å². The number of hydrogen-bond donors (Lipinski definition) is 2. The van der Waals surface area contributed by atoms with Gasteiger partial charge in [0.05, 0.1) is 12.0 Å². The SMILES string of the molecule is CCSc1ccc(C(C)NC(=O)N2CCC(C(=O)O)C2)cc1. The number of urea groups is 1. The molecule has 1 aliphatic heterocycles. The van der Waals surface area contributed by atoms with Crippen LogP contribution in [0.4, 0.5) is 4.79 Å². The summed E-state index contributed by atoms with van der Waals surface area (Å²) in [5.41, 5.74) is 1.04. The zero-order valence-corrected chi connectivity index (χ0v) is 13.7. The first-order valence-electron chi connectivity index (χ1n) is 7.52. The van der Waals surface area contributed by atoms with Gasteiger partial charge in [0.2, 0.25) is 0 Å². The molecule has 0 saturated carbocycles. The first-order valence-corrected chi connectivity index (χ1v) is 8.50. The molecule has 0 aliphatic carbocycles. The summed E-state index contributed by atoms with van der Waals surface area (Å²) in [6, 6.07) is 7.87.